The predicted octanol–water partition coefficient (Wildman–Crippen LogP) is 1.74. The highest BCUT2D eigenvalue weighted by Crippen LogP contribution is 2.22. The van der Waals surface area contributed by atoms with Crippen molar-refractivity contribution in [1.82, 2.24) is 10.3 Å². The molecule has 0 saturated carbocycles. The number of amides is 1. The van der Waals surface area contributed by atoms with E-state index in [1.807, 2.05) is 5.38 Å². The smallest absolute Gasteiger partial charge is 0.254 e. The summed E-state index contributed by atoms with van der Waals surface area (Å²) in [6, 6.07) is 1.85. The van der Waals surface area contributed by atoms with Crippen molar-refractivity contribution >= 4 is 22.4 Å². The lowest BCUT2D eigenvalue weighted by Crippen LogP contribution is -2.36. The Morgan fingerprint density at radius 1 is 1.61 bits per heavy atom. The number of thiazole rings is 1. The predicted molar refractivity (Wildman–Crippen MR) is 68.9 cm³/mol. The highest BCUT2D eigenvalue weighted by atomic mass is 32.1. The van der Waals surface area contributed by atoms with Crippen LogP contribution in [0.3, 0.4) is 0 Å². The summed E-state index contributed by atoms with van der Waals surface area (Å²) in [6.07, 6.45) is 5.72. The zero-order chi connectivity index (χ0) is 12.4. The molecule has 0 aromatic carbocycles. The standard InChI is InChI=1S/C12H13N3O2S/c16-11(9-2-5-17-8-9)14-10-1-4-15(7-10)12-13-3-6-18-12/h2-3,5-6,8,10H,1,4,7H2,(H,14,16)/t10-/m0/s1. The highest BCUT2D eigenvalue weighted by Gasteiger charge is 2.25. The fourth-order valence-corrected chi connectivity index (χ4v) is 2.77. The monoisotopic (exact) mass is 263 g/mol. The SMILES string of the molecule is O=C(N[C@H]1CCN(c2nccs2)C1)c1ccoc1. The molecule has 1 fully saturated rings. The van der Waals surface area contributed by atoms with Gasteiger partial charge in [0, 0.05) is 30.7 Å². The normalized spacial score (nSPS) is 19.1. The van der Waals surface area contributed by atoms with Gasteiger partial charge in [0.2, 0.25) is 0 Å². The summed E-state index contributed by atoms with van der Waals surface area (Å²) in [4.78, 5) is 18.3. The van der Waals surface area contributed by atoms with E-state index >= 15 is 0 Å². The van der Waals surface area contributed by atoms with E-state index < -0.39 is 0 Å². The number of aromatic nitrogens is 1. The fraction of sp³-hybridized carbons (Fsp3) is 0.333. The molecule has 6 heteroatoms. The maximum Gasteiger partial charge on any atom is 0.254 e. The Bertz CT molecular complexity index is 509. The third-order valence-corrected chi connectivity index (χ3v) is 3.83. The van der Waals surface area contributed by atoms with E-state index in [4.69, 9.17) is 4.42 Å². The van der Waals surface area contributed by atoms with Gasteiger partial charge in [0.05, 0.1) is 11.8 Å². The second kappa shape index (κ2) is 4.81. The molecule has 1 N–H and O–H groups in total. The second-order valence-electron chi connectivity index (χ2n) is 4.23. The Balaban J connectivity index is 1.58. The minimum absolute atomic E-state index is 0.0743. The second-order valence-corrected chi connectivity index (χ2v) is 5.10. The maximum absolute atomic E-state index is 11.9. The van der Waals surface area contributed by atoms with Crippen LogP contribution in [0.25, 0.3) is 0 Å². The lowest BCUT2D eigenvalue weighted by atomic mass is 10.2. The van der Waals surface area contributed by atoms with Gasteiger partial charge in [-0.1, -0.05) is 0 Å². The summed E-state index contributed by atoms with van der Waals surface area (Å²) < 4.78 is 4.90. The molecular weight excluding hydrogens is 250 g/mol. The highest BCUT2D eigenvalue weighted by molar-refractivity contribution is 7.13. The number of carbonyl (C=O) groups excluding carboxylic acids is 1. The average Bonchev–Trinajstić information content (AvgIpc) is 3.12. The van der Waals surface area contributed by atoms with Gasteiger partial charge >= 0.3 is 0 Å². The van der Waals surface area contributed by atoms with E-state index in [0.717, 1.165) is 24.6 Å². The zero-order valence-corrected chi connectivity index (χ0v) is 10.5. The number of rotatable bonds is 3. The molecule has 1 aliphatic rings. The van der Waals surface area contributed by atoms with Crippen LogP contribution in [0.1, 0.15) is 16.8 Å². The summed E-state index contributed by atoms with van der Waals surface area (Å²) in [6.45, 7) is 1.75. The van der Waals surface area contributed by atoms with Crippen LogP contribution in [-0.4, -0.2) is 30.0 Å². The summed E-state index contributed by atoms with van der Waals surface area (Å²) in [5, 5.41) is 6.00. The molecular formula is C12H13N3O2S. The molecule has 1 aliphatic heterocycles. The molecule has 0 radical (unpaired) electrons. The van der Waals surface area contributed by atoms with Crippen molar-refractivity contribution in [3.8, 4) is 0 Å². The molecule has 2 aromatic rings. The van der Waals surface area contributed by atoms with Crippen LogP contribution in [0.5, 0.6) is 0 Å². The zero-order valence-electron chi connectivity index (χ0n) is 9.70. The van der Waals surface area contributed by atoms with E-state index in [2.05, 4.69) is 15.2 Å². The topological polar surface area (TPSA) is 58.4 Å². The van der Waals surface area contributed by atoms with Gasteiger partial charge in [-0.2, -0.15) is 0 Å². The van der Waals surface area contributed by atoms with E-state index in [1.165, 1.54) is 12.5 Å². The third kappa shape index (κ3) is 2.24. The van der Waals surface area contributed by atoms with Gasteiger partial charge in [0.15, 0.2) is 5.13 Å². The van der Waals surface area contributed by atoms with Crippen molar-refractivity contribution in [2.24, 2.45) is 0 Å². The molecule has 1 atom stereocenters. The van der Waals surface area contributed by atoms with Crippen LogP contribution >= 0.6 is 11.3 Å². The molecule has 3 heterocycles. The van der Waals surface area contributed by atoms with Crippen molar-refractivity contribution < 1.29 is 9.21 Å². The number of hydrogen-bond acceptors (Lipinski definition) is 5. The summed E-state index contributed by atoms with van der Waals surface area (Å²) in [5.41, 5.74) is 0.572. The summed E-state index contributed by atoms with van der Waals surface area (Å²) in [7, 11) is 0. The van der Waals surface area contributed by atoms with E-state index in [-0.39, 0.29) is 11.9 Å². The van der Waals surface area contributed by atoms with Crippen molar-refractivity contribution in [3.05, 3.63) is 35.7 Å². The molecule has 1 amide bonds. The van der Waals surface area contributed by atoms with Gasteiger partial charge in [-0.05, 0) is 12.5 Å². The van der Waals surface area contributed by atoms with Crippen molar-refractivity contribution in [3.63, 3.8) is 0 Å². The molecule has 0 aliphatic carbocycles. The van der Waals surface area contributed by atoms with Crippen LogP contribution in [-0.2, 0) is 0 Å². The Kier molecular flexibility index (Phi) is 3.02. The first kappa shape index (κ1) is 11.3. The Labute approximate surface area is 108 Å². The van der Waals surface area contributed by atoms with E-state index in [0.29, 0.717) is 5.56 Å². The molecule has 0 bridgehead atoms. The van der Waals surface area contributed by atoms with Gasteiger partial charge in [-0.3, -0.25) is 4.79 Å². The van der Waals surface area contributed by atoms with Crippen LogP contribution in [0, 0.1) is 0 Å². The van der Waals surface area contributed by atoms with Gasteiger partial charge in [0.1, 0.15) is 6.26 Å². The number of anilines is 1. The first-order valence-corrected chi connectivity index (χ1v) is 6.68. The molecule has 1 saturated heterocycles. The quantitative estimate of drug-likeness (QED) is 0.916. The minimum atomic E-state index is -0.0743. The number of carbonyl (C=O) groups is 1. The Hall–Kier alpha value is -1.82. The van der Waals surface area contributed by atoms with Gasteiger partial charge in [-0.25, -0.2) is 4.98 Å². The molecule has 5 nitrogen and oxygen atoms in total. The van der Waals surface area contributed by atoms with E-state index in [1.54, 1.807) is 23.6 Å². The molecule has 0 unspecified atom stereocenters. The van der Waals surface area contributed by atoms with Gasteiger partial charge < -0.3 is 14.6 Å². The number of hydrogen-bond donors (Lipinski definition) is 1. The van der Waals surface area contributed by atoms with Crippen molar-refractivity contribution in [1.29, 1.82) is 0 Å². The minimum Gasteiger partial charge on any atom is -0.472 e. The molecule has 18 heavy (non-hydrogen) atoms. The largest absolute Gasteiger partial charge is 0.472 e. The summed E-state index contributed by atoms with van der Waals surface area (Å²) in [5.74, 6) is -0.0743. The number of furan rings is 1. The van der Waals surface area contributed by atoms with Crippen molar-refractivity contribution in [2.45, 2.75) is 12.5 Å². The first-order chi connectivity index (χ1) is 8.83. The Morgan fingerprint density at radius 2 is 2.56 bits per heavy atom. The van der Waals surface area contributed by atoms with Crippen LogP contribution in [0.2, 0.25) is 0 Å². The lowest BCUT2D eigenvalue weighted by molar-refractivity contribution is 0.0940. The average molecular weight is 263 g/mol. The number of nitrogens with one attached hydrogen (secondary N) is 1. The summed E-state index contributed by atoms with van der Waals surface area (Å²) >= 11 is 1.63. The number of nitrogens with zero attached hydrogens (tertiary/aromatic N) is 2. The van der Waals surface area contributed by atoms with Gasteiger partial charge in [0.25, 0.3) is 5.91 Å². The van der Waals surface area contributed by atoms with Crippen LogP contribution in [0.4, 0.5) is 5.13 Å². The van der Waals surface area contributed by atoms with Crippen molar-refractivity contribution in [2.75, 3.05) is 18.0 Å². The Morgan fingerprint density at radius 3 is 3.28 bits per heavy atom. The third-order valence-electron chi connectivity index (χ3n) is 3.00. The molecule has 94 valence electrons. The van der Waals surface area contributed by atoms with Gasteiger partial charge in [-0.15, -0.1) is 11.3 Å². The lowest BCUT2D eigenvalue weighted by Gasteiger charge is -2.15. The molecule has 3 rings (SSSR count). The maximum atomic E-state index is 11.9. The fourth-order valence-electron chi connectivity index (χ4n) is 2.09. The molecule has 2 aromatic heterocycles. The first-order valence-electron chi connectivity index (χ1n) is 5.80. The molecule has 0 spiro atoms. The van der Waals surface area contributed by atoms with Crippen LogP contribution in [0.15, 0.2) is 34.6 Å². The van der Waals surface area contributed by atoms with E-state index in [9.17, 15) is 4.79 Å². The van der Waals surface area contributed by atoms with Crippen LogP contribution < -0.4 is 10.2 Å².